The predicted octanol–water partition coefficient (Wildman–Crippen LogP) is 4.06. The Morgan fingerprint density at radius 1 is 1.04 bits per heavy atom. The molecule has 1 heterocycles. The topological polar surface area (TPSA) is 54.0 Å². The van der Waals surface area contributed by atoms with Gasteiger partial charge in [-0.1, -0.05) is 30.3 Å². The van der Waals surface area contributed by atoms with Crippen LogP contribution in [0.25, 0.3) is 0 Å². The van der Waals surface area contributed by atoms with Crippen LogP contribution in [0.5, 0.6) is 11.5 Å². The van der Waals surface area contributed by atoms with Crippen LogP contribution in [0, 0.1) is 6.92 Å². The molecule has 3 rings (SSSR count). The fourth-order valence-electron chi connectivity index (χ4n) is 3.26. The first-order valence-electron chi connectivity index (χ1n) is 9.78. The first kappa shape index (κ1) is 20.2. The summed E-state index contributed by atoms with van der Waals surface area (Å²) in [7, 11) is 0. The van der Waals surface area contributed by atoms with E-state index in [-0.39, 0.29) is 11.4 Å². The standard InChI is InChI=1S/C23H28O5/c1-3-26-22(24)15-23(16-25-17-23)19-9-11-20(12-10-19)27-13-6-14-28-21-8-5-4-7-18(21)2/h4-5,7-12H,3,6,13-17H2,1-2H3. The molecule has 0 unspecified atom stereocenters. The van der Waals surface area contributed by atoms with Crippen molar-refractivity contribution < 1.29 is 23.7 Å². The molecule has 1 aliphatic heterocycles. The molecule has 28 heavy (non-hydrogen) atoms. The van der Waals surface area contributed by atoms with Crippen molar-refractivity contribution in [1.29, 1.82) is 0 Å². The molecule has 5 heteroatoms. The molecule has 1 saturated heterocycles. The zero-order valence-corrected chi connectivity index (χ0v) is 16.6. The van der Waals surface area contributed by atoms with Crippen LogP contribution < -0.4 is 9.47 Å². The molecule has 0 radical (unpaired) electrons. The van der Waals surface area contributed by atoms with Gasteiger partial charge in [0, 0.05) is 6.42 Å². The van der Waals surface area contributed by atoms with Crippen LogP contribution in [0.3, 0.4) is 0 Å². The molecule has 0 atom stereocenters. The molecule has 0 N–H and O–H groups in total. The summed E-state index contributed by atoms with van der Waals surface area (Å²) in [5.41, 5.74) is 1.95. The van der Waals surface area contributed by atoms with Crippen molar-refractivity contribution in [2.45, 2.75) is 32.1 Å². The average Bonchev–Trinajstić information content (AvgIpc) is 2.67. The number of benzene rings is 2. The predicted molar refractivity (Wildman–Crippen MR) is 107 cm³/mol. The van der Waals surface area contributed by atoms with Gasteiger partial charge in [0.05, 0.1) is 44.9 Å². The van der Waals surface area contributed by atoms with Crippen molar-refractivity contribution in [2.75, 3.05) is 33.0 Å². The minimum absolute atomic E-state index is 0.181. The number of hydrogen-bond donors (Lipinski definition) is 0. The van der Waals surface area contributed by atoms with Crippen molar-refractivity contribution in [2.24, 2.45) is 0 Å². The van der Waals surface area contributed by atoms with E-state index in [0.29, 0.717) is 39.5 Å². The van der Waals surface area contributed by atoms with Gasteiger partial charge in [-0.15, -0.1) is 0 Å². The van der Waals surface area contributed by atoms with Crippen molar-refractivity contribution in [3.63, 3.8) is 0 Å². The van der Waals surface area contributed by atoms with E-state index in [0.717, 1.165) is 29.0 Å². The molecule has 5 nitrogen and oxygen atoms in total. The fourth-order valence-corrected chi connectivity index (χ4v) is 3.26. The Kier molecular flexibility index (Phi) is 6.93. The number of carbonyl (C=O) groups excluding carboxylic acids is 1. The van der Waals surface area contributed by atoms with Crippen molar-refractivity contribution >= 4 is 5.97 Å². The third kappa shape index (κ3) is 5.04. The number of hydrogen-bond acceptors (Lipinski definition) is 5. The maximum Gasteiger partial charge on any atom is 0.306 e. The molecular formula is C23H28O5. The van der Waals surface area contributed by atoms with E-state index in [1.54, 1.807) is 0 Å². The van der Waals surface area contributed by atoms with Crippen molar-refractivity contribution in [1.82, 2.24) is 0 Å². The van der Waals surface area contributed by atoms with Gasteiger partial charge in [-0.05, 0) is 43.2 Å². The van der Waals surface area contributed by atoms with Gasteiger partial charge in [0.15, 0.2) is 0 Å². The summed E-state index contributed by atoms with van der Waals surface area (Å²) in [5, 5.41) is 0. The van der Waals surface area contributed by atoms with Gasteiger partial charge in [0.1, 0.15) is 11.5 Å². The molecule has 0 amide bonds. The van der Waals surface area contributed by atoms with Crippen LogP contribution in [-0.2, 0) is 19.7 Å². The van der Waals surface area contributed by atoms with Gasteiger partial charge in [-0.2, -0.15) is 0 Å². The lowest BCUT2D eigenvalue weighted by Crippen LogP contribution is -2.48. The van der Waals surface area contributed by atoms with Gasteiger partial charge >= 0.3 is 5.97 Å². The van der Waals surface area contributed by atoms with E-state index >= 15 is 0 Å². The van der Waals surface area contributed by atoms with Gasteiger partial charge in [0.2, 0.25) is 0 Å². The van der Waals surface area contributed by atoms with E-state index in [9.17, 15) is 4.79 Å². The van der Waals surface area contributed by atoms with Crippen LogP contribution in [0.2, 0.25) is 0 Å². The Morgan fingerprint density at radius 3 is 2.39 bits per heavy atom. The van der Waals surface area contributed by atoms with E-state index in [1.165, 1.54) is 0 Å². The second-order valence-corrected chi connectivity index (χ2v) is 7.10. The lowest BCUT2D eigenvalue weighted by atomic mass is 9.76. The second-order valence-electron chi connectivity index (χ2n) is 7.10. The minimum atomic E-state index is -0.272. The molecule has 1 aliphatic rings. The van der Waals surface area contributed by atoms with Crippen LogP contribution in [0.1, 0.15) is 30.9 Å². The molecule has 0 aromatic heterocycles. The first-order chi connectivity index (χ1) is 13.6. The highest BCUT2D eigenvalue weighted by molar-refractivity contribution is 5.72. The molecule has 0 aliphatic carbocycles. The smallest absolute Gasteiger partial charge is 0.306 e. The summed E-state index contributed by atoms with van der Waals surface area (Å²) in [6.07, 6.45) is 1.15. The van der Waals surface area contributed by atoms with Crippen LogP contribution >= 0.6 is 0 Å². The Balaban J connectivity index is 1.45. The Morgan fingerprint density at radius 2 is 1.75 bits per heavy atom. The average molecular weight is 384 g/mol. The largest absolute Gasteiger partial charge is 0.493 e. The molecule has 2 aromatic carbocycles. The zero-order valence-electron chi connectivity index (χ0n) is 16.6. The maximum atomic E-state index is 11.9. The number of esters is 1. The van der Waals surface area contributed by atoms with E-state index < -0.39 is 0 Å². The number of rotatable bonds is 10. The van der Waals surface area contributed by atoms with Gasteiger partial charge < -0.3 is 18.9 Å². The van der Waals surface area contributed by atoms with Gasteiger partial charge in [-0.25, -0.2) is 0 Å². The molecule has 1 fully saturated rings. The summed E-state index contributed by atoms with van der Waals surface area (Å²) in [5.74, 6) is 1.55. The summed E-state index contributed by atoms with van der Waals surface area (Å²) in [6, 6.07) is 15.9. The van der Waals surface area contributed by atoms with Crippen LogP contribution in [0.4, 0.5) is 0 Å². The van der Waals surface area contributed by atoms with Crippen molar-refractivity contribution in [3.8, 4) is 11.5 Å². The zero-order chi connectivity index (χ0) is 19.8. The number of carbonyl (C=O) groups is 1. The quantitative estimate of drug-likeness (QED) is 0.457. The van der Waals surface area contributed by atoms with Gasteiger partial charge in [-0.3, -0.25) is 4.79 Å². The lowest BCUT2D eigenvalue weighted by molar-refractivity contribution is -0.151. The Labute approximate surface area is 166 Å². The monoisotopic (exact) mass is 384 g/mol. The normalized spacial score (nSPS) is 14.8. The van der Waals surface area contributed by atoms with E-state index in [1.807, 2.05) is 62.4 Å². The first-order valence-corrected chi connectivity index (χ1v) is 9.78. The number of para-hydroxylation sites is 1. The molecule has 150 valence electrons. The molecular weight excluding hydrogens is 356 g/mol. The van der Waals surface area contributed by atoms with Crippen LogP contribution in [0.15, 0.2) is 48.5 Å². The SMILES string of the molecule is CCOC(=O)CC1(c2ccc(OCCCOc3ccccc3C)cc2)COC1. The maximum absolute atomic E-state index is 11.9. The highest BCUT2D eigenvalue weighted by Gasteiger charge is 2.42. The van der Waals surface area contributed by atoms with E-state index in [2.05, 4.69) is 0 Å². The second kappa shape index (κ2) is 9.60. The molecule has 0 bridgehead atoms. The summed E-state index contributed by atoms with van der Waals surface area (Å²) in [4.78, 5) is 11.9. The molecule has 2 aromatic rings. The fraction of sp³-hybridized carbons (Fsp3) is 0.435. The Bertz CT molecular complexity index is 765. The summed E-state index contributed by atoms with van der Waals surface area (Å²) < 4.78 is 22.1. The molecule has 0 spiro atoms. The van der Waals surface area contributed by atoms with E-state index in [4.69, 9.17) is 18.9 Å². The highest BCUT2D eigenvalue weighted by atomic mass is 16.5. The Hall–Kier alpha value is -2.53. The summed E-state index contributed by atoms with van der Waals surface area (Å²) >= 11 is 0. The van der Waals surface area contributed by atoms with Gasteiger partial charge in [0.25, 0.3) is 0 Å². The number of ether oxygens (including phenoxy) is 4. The van der Waals surface area contributed by atoms with Crippen molar-refractivity contribution in [3.05, 3.63) is 59.7 Å². The third-order valence-corrected chi connectivity index (χ3v) is 4.92. The minimum Gasteiger partial charge on any atom is -0.493 e. The highest BCUT2D eigenvalue weighted by Crippen LogP contribution is 2.36. The van der Waals surface area contributed by atoms with Crippen LogP contribution in [-0.4, -0.2) is 39.0 Å². The lowest BCUT2D eigenvalue weighted by Gasteiger charge is -2.41. The molecule has 0 saturated carbocycles. The third-order valence-electron chi connectivity index (χ3n) is 4.92. The number of aryl methyl sites for hydroxylation is 1. The summed E-state index contributed by atoms with van der Waals surface area (Å²) in [6.45, 7) is 6.54.